The molecule has 0 N–H and O–H groups in total. The average molecular weight is 386 g/mol. The summed E-state index contributed by atoms with van der Waals surface area (Å²) in [6, 6.07) is 9.70. The Hall–Kier alpha value is -2.16. The number of nitrogens with zero attached hydrogens (tertiary/aromatic N) is 3. The minimum Gasteiger partial charge on any atom is -0.296 e. The Labute approximate surface area is 161 Å². The molecule has 0 aliphatic heterocycles. The SMILES string of the molecule is CCCc1nc2sc(C)c(-c3ccc(Cl)cc3)c2c(=O)n1CCCC#N. The molecule has 4 nitrogen and oxygen atoms in total. The standard InChI is InChI=1S/C20H20ClN3OS/c1-3-6-16-23-19-18(20(25)24(16)12-5-4-11-22)17(13(2)26-19)14-7-9-15(21)10-8-14/h7-10H,3-6,12H2,1-2H3. The number of fused-ring (bicyclic) bond motifs is 1. The molecule has 0 amide bonds. The third kappa shape index (κ3) is 3.53. The van der Waals surface area contributed by atoms with E-state index in [1.165, 1.54) is 0 Å². The van der Waals surface area contributed by atoms with Crippen molar-refractivity contribution in [1.29, 1.82) is 5.26 Å². The van der Waals surface area contributed by atoms with Gasteiger partial charge < -0.3 is 0 Å². The van der Waals surface area contributed by atoms with Crippen LogP contribution in [-0.2, 0) is 13.0 Å². The number of thiophene rings is 1. The van der Waals surface area contributed by atoms with Crippen LogP contribution in [0.1, 0.15) is 36.9 Å². The molecule has 26 heavy (non-hydrogen) atoms. The van der Waals surface area contributed by atoms with Gasteiger partial charge >= 0.3 is 0 Å². The van der Waals surface area contributed by atoms with Crippen LogP contribution in [0.2, 0.25) is 5.02 Å². The van der Waals surface area contributed by atoms with E-state index in [1.807, 2.05) is 31.2 Å². The monoisotopic (exact) mass is 385 g/mol. The van der Waals surface area contributed by atoms with Crippen LogP contribution in [0.25, 0.3) is 21.3 Å². The van der Waals surface area contributed by atoms with Crippen LogP contribution >= 0.6 is 22.9 Å². The van der Waals surface area contributed by atoms with Crippen molar-refractivity contribution < 1.29 is 0 Å². The molecule has 6 heteroatoms. The molecule has 2 heterocycles. The van der Waals surface area contributed by atoms with Crippen molar-refractivity contribution in [2.45, 2.75) is 46.1 Å². The molecule has 0 saturated carbocycles. The van der Waals surface area contributed by atoms with E-state index in [4.69, 9.17) is 21.8 Å². The van der Waals surface area contributed by atoms with Gasteiger partial charge in [0.1, 0.15) is 10.7 Å². The smallest absolute Gasteiger partial charge is 0.262 e. The van der Waals surface area contributed by atoms with E-state index >= 15 is 0 Å². The average Bonchev–Trinajstić information content (AvgIpc) is 2.95. The number of nitriles is 1. The largest absolute Gasteiger partial charge is 0.296 e. The number of aromatic nitrogens is 2. The lowest BCUT2D eigenvalue weighted by Gasteiger charge is -2.12. The first-order chi connectivity index (χ1) is 12.6. The maximum atomic E-state index is 13.3. The molecule has 0 spiro atoms. The molecule has 1 aromatic carbocycles. The number of benzene rings is 1. The number of hydrogen-bond acceptors (Lipinski definition) is 4. The molecule has 0 unspecified atom stereocenters. The van der Waals surface area contributed by atoms with Crippen molar-refractivity contribution >= 4 is 33.2 Å². The number of hydrogen-bond donors (Lipinski definition) is 0. The van der Waals surface area contributed by atoms with Crippen LogP contribution in [0.3, 0.4) is 0 Å². The Morgan fingerprint density at radius 2 is 2.04 bits per heavy atom. The maximum Gasteiger partial charge on any atom is 0.262 e. The zero-order valence-electron chi connectivity index (χ0n) is 14.9. The summed E-state index contributed by atoms with van der Waals surface area (Å²) in [5, 5.41) is 10.2. The molecule has 134 valence electrons. The summed E-state index contributed by atoms with van der Waals surface area (Å²) >= 11 is 7.57. The van der Waals surface area contributed by atoms with E-state index in [0.717, 1.165) is 39.5 Å². The first-order valence-corrected chi connectivity index (χ1v) is 9.92. The second kappa shape index (κ2) is 8.03. The number of aryl methyl sites for hydroxylation is 2. The Morgan fingerprint density at radius 3 is 2.69 bits per heavy atom. The zero-order chi connectivity index (χ0) is 18.7. The van der Waals surface area contributed by atoms with E-state index in [9.17, 15) is 4.79 Å². The highest BCUT2D eigenvalue weighted by atomic mass is 35.5. The van der Waals surface area contributed by atoms with Gasteiger partial charge in [0.15, 0.2) is 0 Å². The third-order valence-corrected chi connectivity index (χ3v) is 5.59. The Morgan fingerprint density at radius 1 is 1.31 bits per heavy atom. The van der Waals surface area contributed by atoms with Gasteiger partial charge in [-0.1, -0.05) is 30.7 Å². The summed E-state index contributed by atoms with van der Waals surface area (Å²) in [4.78, 5) is 20.0. The van der Waals surface area contributed by atoms with Crippen LogP contribution < -0.4 is 5.56 Å². The molecular formula is C20H20ClN3OS. The molecule has 0 fully saturated rings. The molecule has 3 rings (SSSR count). The molecule has 0 atom stereocenters. The number of halogens is 1. The van der Waals surface area contributed by atoms with Gasteiger partial charge in [0.05, 0.1) is 11.5 Å². The van der Waals surface area contributed by atoms with Gasteiger partial charge in [0, 0.05) is 34.8 Å². The van der Waals surface area contributed by atoms with Crippen molar-refractivity contribution in [3.63, 3.8) is 0 Å². The van der Waals surface area contributed by atoms with Crippen LogP contribution in [0, 0.1) is 18.3 Å². The van der Waals surface area contributed by atoms with E-state index in [-0.39, 0.29) is 5.56 Å². The second-order valence-corrected chi connectivity index (χ2v) is 7.86. The van der Waals surface area contributed by atoms with Crippen LogP contribution in [0.4, 0.5) is 0 Å². The molecular weight excluding hydrogens is 366 g/mol. The summed E-state index contributed by atoms with van der Waals surface area (Å²) < 4.78 is 1.76. The van der Waals surface area contributed by atoms with Gasteiger partial charge in [-0.25, -0.2) is 4.98 Å². The normalized spacial score (nSPS) is 11.0. The highest BCUT2D eigenvalue weighted by Crippen LogP contribution is 2.36. The van der Waals surface area contributed by atoms with Crippen LogP contribution in [0.5, 0.6) is 0 Å². The van der Waals surface area contributed by atoms with Gasteiger partial charge in [-0.05, 0) is 37.5 Å². The van der Waals surface area contributed by atoms with Crippen molar-refractivity contribution in [1.82, 2.24) is 9.55 Å². The molecule has 0 aliphatic rings. The lowest BCUT2D eigenvalue weighted by Crippen LogP contribution is -2.25. The van der Waals surface area contributed by atoms with Crippen molar-refractivity contribution in [3.8, 4) is 17.2 Å². The van der Waals surface area contributed by atoms with E-state index in [2.05, 4.69) is 13.0 Å². The molecule has 0 aliphatic carbocycles. The van der Waals surface area contributed by atoms with E-state index in [0.29, 0.717) is 29.8 Å². The topological polar surface area (TPSA) is 58.7 Å². The van der Waals surface area contributed by atoms with Gasteiger partial charge in [0.25, 0.3) is 5.56 Å². The third-order valence-electron chi connectivity index (χ3n) is 4.34. The lowest BCUT2D eigenvalue weighted by atomic mass is 10.0. The second-order valence-electron chi connectivity index (χ2n) is 6.22. The van der Waals surface area contributed by atoms with Gasteiger partial charge in [-0.3, -0.25) is 9.36 Å². The first kappa shape index (κ1) is 18.6. The van der Waals surface area contributed by atoms with Crippen molar-refractivity contribution in [2.24, 2.45) is 0 Å². The predicted molar refractivity (Wildman–Crippen MR) is 108 cm³/mol. The minimum absolute atomic E-state index is 0.00862. The number of unbranched alkanes of at least 4 members (excludes halogenated alkanes) is 1. The van der Waals surface area contributed by atoms with E-state index in [1.54, 1.807) is 15.9 Å². The molecule has 0 bridgehead atoms. The fourth-order valence-corrected chi connectivity index (χ4v) is 4.34. The fraction of sp³-hybridized carbons (Fsp3) is 0.350. The zero-order valence-corrected chi connectivity index (χ0v) is 16.5. The number of rotatable bonds is 6. The fourth-order valence-electron chi connectivity index (χ4n) is 3.16. The van der Waals surface area contributed by atoms with Gasteiger partial charge in [-0.2, -0.15) is 5.26 Å². The molecule has 0 radical (unpaired) electrons. The Kier molecular flexibility index (Phi) is 5.75. The molecule has 2 aromatic heterocycles. The summed E-state index contributed by atoms with van der Waals surface area (Å²) in [5.74, 6) is 0.812. The summed E-state index contributed by atoms with van der Waals surface area (Å²) in [6.07, 6.45) is 2.76. The molecule has 3 aromatic rings. The Bertz CT molecular complexity index is 1030. The summed E-state index contributed by atoms with van der Waals surface area (Å²) in [6.45, 7) is 4.63. The van der Waals surface area contributed by atoms with Crippen LogP contribution in [0.15, 0.2) is 29.1 Å². The van der Waals surface area contributed by atoms with Crippen molar-refractivity contribution in [2.75, 3.05) is 0 Å². The van der Waals surface area contributed by atoms with E-state index < -0.39 is 0 Å². The highest BCUT2D eigenvalue weighted by Gasteiger charge is 2.19. The summed E-state index contributed by atoms with van der Waals surface area (Å²) in [7, 11) is 0. The molecule has 0 saturated heterocycles. The highest BCUT2D eigenvalue weighted by molar-refractivity contribution is 7.19. The van der Waals surface area contributed by atoms with Crippen molar-refractivity contribution in [3.05, 3.63) is 50.3 Å². The lowest BCUT2D eigenvalue weighted by molar-refractivity contribution is 0.585. The predicted octanol–water partition coefficient (Wildman–Crippen LogP) is 5.34. The first-order valence-electron chi connectivity index (χ1n) is 8.72. The Balaban J connectivity index is 2.23. The summed E-state index contributed by atoms with van der Waals surface area (Å²) in [5.41, 5.74) is 1.91. The quantitative estimate of drug-likeness (QED) is 0.538. The van der Waals surface area contributed by atoms with Gasteiger partial charge in [-0.15, -0.1) is 11.3 Å². The maximum absolute atomic E-state index is 13.3. The minimum atomic E-state index is -0.00862. The van der Waals surface area contributed by atoms with Gasteiger partial charge in [0.2, 0.25) is 0 Å². The van der Waals surface area contributed by atoms with Crippen LogP contribution in [-0.4, -0.2) is 9.55 Å².